The smallest absolute Gasteiger partial charge is 0.276 e. The van der Waals surface area contributed by atoms with Crippen molar-refractivity contribution in [3.8, 4) is 0 Å². The molecule has 0 bridgehead atoms. The number of hydrogen-bond acceptors (Lipinski definition) is 5. The number of pyridine rings is 1. The zero-order chi connectivity index (χ0) is 19.3. The molecule has 6 heteroatoms. The molecule has 1 unspecified atom stereocenters. The number of hydrogen-bond donors (Lipinski definition) is 2. The van der Waals surface area contributed by atoms with Gasteiger partial charge in [-0.3, -0.25) is 9.78 Å². The van der Waals surface area contributed by atoms with Gasteiger partial charge in [0, 0.05) is 17.6 Å². The van der Waals surface area contributed by atoms with Crippen LogP contribution in [0.15, 0.2) is 79.0 Å². The second-order valence-electron chi connectivity index (χ2n) is 6.42. The third kappa shape index (κ3) is 3.81. The highest BCUT2D eigenvalue weighted by molar-refractivity contribution is 6.07. The number of aromatic nitrogens is 3. The van der Waals surface area contributed by atoms with Crippen molar-refractivity contribution in [2.45, 2.75) is 13.0 Å². The zero-order valence-corrected chi connectivity index (χ0v) is 15.3. The molecule has 6 nitrogen and oxygen atoms in total. The number of fused-ring (bicyclic) bond motifs is 1. The fourth-order valence-electron chi connectivity index (χ4n) is 2.97. The van der Waals surface area contributed by atoms with E-state index in [0.29, 0.717) is 11.5 Å². The Bertz CT molecular complexity index is 1090. The fourth-order valence-corrected chi connectivity index (χ4v) is 2.97. The van der Waals surface area contributed by atoms with Gasteiger partial charge < -0.3 is 10.6 Å². The van der Waals surface area contributed by atoms with Crippen molar-refractivity contribution in [3.05, 3.63) is 90.3 Å². The van der Waals surface area contributed by atoms with Gasteiger partial charge in [0.25, 0.3) is 5.91 Å². The molecule has 1 amide bonds. The van der Waals surface area contributed by atoms with E-state index in [1.807, 2.05) is 67.6 Å². The SMILES string of the molecule is CC(Nc1ccc(C(=O)Nc2cccc3cccnc23)nn1)c1ccccc1. The van der Waals surface area contributed by atoms with Crippen LogP contribution < -0.4 is 10.6 Å². The van der Waals surface area contributed by atoms with Crippen LogP contribution in [-0.4, -0.2) is 21.1 Å². The van der Waals surface area contributed by atoms with Crippen LogP contribution in [0.1, 0.15) is 29.0 Å². The zero-order valence-electron chi connectivity index (χ0n) is 15.3. The van der Waals surface area contributed by atoms with Crippen LogP contribution in [0.25, 0.3) is 10.9 Å². The van der Waals surface area contributed by atoms with Crippen molar-refractivity contribution >= 4 is 28.3 Å². The number of carbonyl (C=O) groups is 1. The molecule has 2 heterocycles. The highest BCUT2D eigenvalue weighted by atomic mass is 16.1. The monoisotopic (exact) mass is 369 g/mol. The minimum absolute atomic E-state index is 0.0805. The predicted molar refractivity (Wildman–Crippen MR) is 110 cm³/mol. The van der Waals surface area contributed by atoms with E-state index in [0.717, 1.165) is 16.5 Å². The average molecular weight is 369 g/mol. The number of amides is 1. The van der Waals surface area contributed by atoms with Gasteiger partial charge in [-0.25, -0.2) is 0 Å². The Morgan fingerprint density at radius 3 is 2.50 bits per heavy atom. The molecular formula is C22H19N5O. The molecule has 0 radical (unpaired) electrons. The van der Waals surface area contributed by atoms with Gasteiger partial charge in [0.05, 0.1) is 11.2 Å². The Morgan fingerprint density at radius 1 is 0.893 bits per heavy atom. The maximum atomic E-state index is 12.6. The van der Waals surface area contributed by atoms with Gasteiger partial charge in [0.15, 0.2) is 5.69 Å². The van der Waals surface area contributed by atoms with Crippen molar-refractivity contribution in [2.24, 2.45) is 0 Å². The lowest BCUT2D eigenvalue weighted by molar-refractivity contribution is 0.102. The van der Waals surface area contributed by atoms with Gasteiger partial charge in [-0.2, -0.15) is 0 Å². The molecule has 2 aromatic carbocycles. The van der Waals surface area contributed by atoms with Crippen molar-refractivity contribution in [1.82, 2.24) is 15.2 Å². The van der Waals surface area contributed by atoms with Crippen LogP contribution in [0.3, 0.4) is 0 Å². The first-order valence-electron chi connectivity index (χ1n) is 9.01. The Balaban J connectivity index is 1.47. The number of benzene rings is 2. The lowest BCUT2D eigenvalue weighted by Gasteiger charge is -2.14. The number of carbonyl (C=O) groups excluding carboxylic acids is 1. The van der Waals surface area contributed by atoms with Gasteiger partial charge in [0.2, 0.25) is 0 Å². The minimum atomic E-state index is -0.326. The highest BCUT2D eigenvalue weighted by Crippen LogP contribution is 2.21. The number of para-hydroxylation sites is 1. The number of nitrogens with zero attached hydrogens (tertiary/aromatic N) is 3. The number of anilines is 2. The second kappa shape index (κ2) is 7.84. The molecule has 28 heavy (non-hydrogen) atoms. The summed E-state index contributed by atoms with van der Waals surface area (Å²) in [6.07, 6.45) is 1.70. The van der Waals surface area contributed by atoms with E-state index in [1.165, 1.54) is 0 Å². The van der Waals surface area contributed by atoms with E-state index in [2.05, 4.69) is 25.8 Å². The lowest BCUT2D eigenvalue weighted by Crippen LogP contribution is -2.16. The van der Waals surface area contributed by atoms with Crippen LogP contribution in [0, 0.1) is 0 Å². The summed E-state index contributed by atoms with van der Waals surface area (Å²) in [7, 11) is 0. The maximum absolute atomic E-state index is 12.6. The van der Waals surface area contributed by atoms with E-state index in [1.54, 1.807) is 18.3 Å². The summed E-state index contributed by atoms with van der Waals surface area (Å²) in [5, 5.41) is 15.3. The number of nitrogens with one attached hydrogen (secondary N) is 2. The first-order valence-corrected chi connectivity index (χ1v) is 9.01. The molecule has 0 aliphatic rings. The summed E-state index contributed by atoms with van der Waals surface area (Å²) >= 11 is 0. The lowest BCUT2D eigenvalue weighted by atomic mass is 10.1. The Kier molecular flexibility index (Phi) is 4.93. The molecule has 2 N–H and O–H groups in total. The summed E-state index contributed by atoms with van der Waals surface area (Å²) < 4.78 is 0. The molecule has 0 aliphatic heterocycles. The minimum Gasteiger partial charge on any atom is -0.362 e. The first-order chi connectivity index (χ1) is 13.7. The maximum Gasteiger partial charge on any atom is 0.276 e. The van der Waals surface area contributed by atoms with E-state index in [-0.39, 0.29) is 17.6 Å². The largest absolute Gasteiger partial charge is 0.362 e. The van der Waals surface area contributed by atoms with Crippen LogP contribution in [0.5, 0.6) is 0 Å². The van der Waals surface area contributed by atoms with Crippen LogP contribution in [-0.2, 0) is 0 Å². The van der Waals surface area contributed by atoms with Crippen molar-refractivity contribution in [2.75, 3.05) is 10.6 Å². The Labute approximate surface area is 162 Å². The summed E-state index contributed by atoms with van der Waals surface area (Å²) in [6, 6.07) is 23.0. The molecule has 0 saturated heterocycles. The van der Waals surface area contributed by atoms with Gasteiger partial charge in [0.1, 0.15) is 5.82 Å². The quantitative estimate of drug-likeness (QED) is 0.543. The standard InChI is InChI=1S/C22H19N5O/c1-15(16-7-3-2-4-8-16)24-20-13-12-19(26-27-20)22(28)25-18-11-5-9-17-10-6-14-23-21(17)18/h2-15H,1H3,(H,24,27)(H,25,28). The molecule has 138 valence electrons. The Hall–Kier alpha value is -3.80. The van der Waals surface area contributed by atoms with Crippen LogP contribution >= 0.6 is 0 Å². The van der Waals surface area contributed by atoms with Gasteiger partial charge in [-0.05, 0) is 36.8 Å². The molecule has 2 aromatic heterocycles. The highest BCUT2D eigenvalue weighted by Gasteiger charge is 2.12. The number of rotatable bonds is 5. The molecule has 4 rings (SSSR count). The second-order valence-corrected chi connectivity index (χ2v) is 6.42. The van der Waals surface area contributed by atoms with E-state index < -0.39 is 0 Å². The van der Waals surface area contributed by atoms with E-state index in [9.17, 15) is 4.79 Å². The van der Waals surface area contributed by atoms with Crippen LogP contribution in [0.2, 0.25) is 0 Å². The average Bonchev–Trinajstić information content (AvgIpc) is 2.75. The third-order valence-corrected chi connectivity index (χ3v) is 4.44. The van der Waals surface area contributed by atoms with Crippen molar-refractivity contribution < 1.29 is 4.79 Å². The molecule has 4 aromatic rings. The van der Waals surface area contributed by atoms with E-state index >= 15 is 0 Å². The van der Waals surface area contributed by atoms with Crippen molar-refractivity contribution in [1.29, 1.82) is 0 Å². The topological polar surface area (TPSA) is 79.8 Å². The normalized spacial score (nSPS) is 11.8. The van der Waals surface area contributed by atoms with Crippen LogP contribution in [0.4, 0.5) is 11.5 Å². The Morgan fingerprint density at radius 2 is 1.71 bits per heavy atom. The summed E-state index contributed by atoms with van der Waals surface area (Å²) in [6.45, 7) is 2.05. The summed E-state index contributed by atoms with van der Waals surface area (Å²) in [5.41, 5.74) is 2.77. The summed E-state index contributed by atoms with van der Waals surface area (Å²) in [4.78, 5) is 16.9. The van der Waals surface area contributed by atoms with E-state index in [4.69, 9.17) is 0 Å². The molecule has 0 fully saturated rings. The summed E-state index contributed by atoms with van der Waals surface area (Å²) in [5.74, 6) is 0.285. The van der Waals surface area contributed by atoms with Gasteiger partial charge in [-0.15, -0.1) is 10.2 Å². The predicted octanol–water partition coefficient (Wildman–Crippen LogP) is 4.45. The third-order valence-electron chi connectivity index (χ3n) is 4.44. The van der Waals surface area contributed by atoms with Gasteiger partial charge >= 0.3 is 0 Å². The molecule has 0 spiro atoms. The molecular weight excluding hydrogens is 350 g/mol. The fraction of sp³-hybridized carbons (Fsp3) is 0.0909. The molecule has 1 atom stereocenters. The molecule has 0 aliphatic carbocycles. The van der Waals surface area contributed by atoms with Gasteiger partial charge in [-0.1, -0.05) is 48.5 Å². The van der Waals surface area contributed by atoms with Crippen molar-refractivity contribution in [3.63, 3.8) is 0 Å². The molecule has 0 saturated carbocycles. The first kappa shape index (κ1) is 17.6.